The van der Waals surface area contributed by atoms with Gasteiger partial charge in [0.15, 0.2) is 0 Å². The van der Waals surface area contributed by atoms with Gasteiger partial charge in [0.1, 0.15) is 0 Å². The molecule has 1 unspecified atom stereocenters. The van der Waals surface area contributed by atoms with Gasteiger partial charge < -0.3 is 0 Å². The van der Waals surface area contributed by atoms with Crippen molar-refractivity contribution in [3.8, 4) is 12.3 Å². The molecule has 68 valence electrons. The molecule has 0 aromatic heterocycles. The van der Waals surface area contributed by atoms with E-state index in [2.05, 4.69) is 5.92 Å². The number of hydrogen-bond donors (Lipinski definition) is 0. The Morgan fingerprint density at radius 1 is 1.58 bits per heavy atom. The van der Waals surface area contributed by atoms with Crippen molar-refractivity contribution < 1.29 is 8.42 Å². The van der Waals surface area contributed by atoms with E-state index in [1.165, 1.54) is 0 Å². The SMILES string of the molecule is C#CC1CSS(=O)(=O)CC1(C)C. The zero-order valence-electron chi connectivity index (χ0n) is 7.20. The van der Waals surface area contributed by atoms with E-state index < -0.39 is 8.87 Å². The highest BCUT2D eigenvalue weighted by atomic mass is 33.1. The molecule has 1 fully saturated rings. The quantitative estimate of drug-likeness (QED) is 0.441. The lowest BCUT2D eigenvalue weighted by Gasteiger charge is -2.34. The third-order valence-corrected chi connectivity index (χ3v) is 5.87. The summed E-state index contributed by atoms with van der Waals surface area (Å²) in [6, 6.07) is 0. The Morgan fingerprint density at radius 3 is 2.58 bits per heavy atom. The first-order valence-corrected chi connectivity index (χ1v) is 6.86. The van der Waals surface area contributed by atoms with Gasteiger partial charge in [-0.1, -0.05) is 13.8 Å². The normalized spacial score (nSPS) is 32.2. The predicted octanol–water partition coefficient (Wildman–Crippen LogP) is 1.34. The van der Waals surface area contributed by atoms with E-state index in [9.17, 15) is 8.42 Å². The highest BCUT2D eigenvalue weighted by Gasteiger charge is 2.38. The lowest BCUT2D eigenvalue weighted by atomic mass is 9.82. The summed E-state index contributed by atoms with van der Waals surface area (Å²) in [5.41, 5.74) is -0.265. The summed E-state index contributed by atoms with van der Waals surface area (Å²) in [6.45, 7) is 3.82. The molecule has 1 aliphatic rings. The van der Waals surface area contributed by atoms with Crippen molar-refractivity contribution in [3.05, 3.63) is 0 Å². The summed E-state index contributed by atoms with van der Waals surface area (Å²) in [5.74, 6) is 3.45. The van der Waals surface area contributed by atoms with E-state index in [1.54, 1.807) is 0 Å². The number of terminal acetylenes is 1. The van der Waals surface area contributed by atoms with Crippen LogP contribution in [0.2, 0.25) is 0 Å². The fourth-order valence-corrected chi connectivity index (χ4v) is 5.55. The Kier molecular flexibility index (Phi) is 2.46. The van der Waals surface area contributed by atoms with E-state index >= 15 is 0 Å². The second-order valence-electron chi connectivity index (χ2n) is 3.69. The minimum absolute atomic E-state index is 0.0750. The summed E-state index contributed by atoms with van der Waals surface area (Å²) >= 11 is 0. The Balaban J connectivity index is 2.90. The van der Waals surface area contributed by atoms with Crippen LogP contribution in [0.5, 0.6) is 0 Å². The van der Waals surface area contributed by atoms with Crippen molar-refractivity contribution in [1.29, 1.82) is 0 Å². The van der Waals surface area contributed by atoms with Crippen molar-refractivity contribution >= 4 is 19.7 Å². The average Bonchev–Trinajstić information content (AvgIpc) is 1.83. The monoisotopic (exact) mass is 204 g/mol. The number of rotatable bonds is 0. The Bertz CT molecular complexity index is 308. The van der Waals surface area contributed by atoms with Crippen molar-refractivity contribution in [1.82, 2.24) is 0 Å². The molecule has 0 radical (unpaired) electrons. The van der Waals surface area contributed by atoms with E-state index in [0.717, 1.165) is 10.8 Å². The summed E-state index contributed by atoms with van der Waals surface area (Å²) in [7, 11) is -1.93. The van der Waals surface area contributed by atoms with Gasteiger partial charge in [0, 0.05) is 11.7 Å². The van der Waals surface area contributed by atoms with Gasteiger partial charge in [-0.15, -0.1) is 12.3 Å². The third-order valence-electron chi connectivity index (χ3n) is 2.11. The molecule has 12 heavy (non-hydrogen) atoms. The maximum atomic E-state index is 11.2. The van der Waals surface area contributed by atoms with Crippen LogP contribution in [-0.2, 0) is 8.87 Å². The highest BCUT2D eigenvalue weighted by molar-refractivity contribution is 8.72. The van der Waals surface area contributed by atoms with Crippen LogP contribution in [0.25, 0.3) is 0 Å². The van der Waals surface area contributed by atoms with Crippen LogP contribution >= 0.6 is 10.8 Å². The average molecular weight is 204 g/mol. The summed E-state index contributed by atoms with van der Waals surface area (Å²) < 4.78 is 22.4. The number of hydrogen-bond acceptors (Lipinski definition) is 3. The summed E-state index contributed by atoms with van der Waals surface area (Å²) in [5, 5.41) is 0. The molecule has 0 saturated carbocycles. The summed E-state index contributed by atoms with van der Waals surface area (Å²) in [4.78, 5) is 0. The second-order valence-corrected chi connectivity index (χ2v) is 7.90. The van der Waals surface area contributed by atoms with Crippen LogP contribution in [0.4, 0.5) is 0 Å². The summed E-state index contributed by atoms with van der Waals surface area (Å²) in [6.07, 6.45) is 5.31. The van der Waals surface area contributed by atoms with E-state index in [-0.39, 0.29) is 17.1 Å². The molecule has 1 saturated heterocycles. The molecular weight excluding hydrogens is 192 g/mol. The van der Waals surface area contributed by atoms with Crippen molar-refractivity contribution in [2.24, 2.45) is 11.3 Å². The van der Waals surface area contributed by atoms with Gasteiger partial charge in [-0.05, 0) is 16.2 Å². The van der Waals surface area contributed by atoms with Gasteiger partial charge in [0.2, 0.25) is 8.87 Å². The maximum absolute atomic E-state index is 11.2. The van der Waals surface area contributed by atoms with Crippen LogP contribution in [0.15, 0.2) is 0 Å². The third kappa shape index (κ3) is 1.96. The van der Waals surface area contributed by atoms with E-state index in [0.29, 0.717) is 5.75 Å². The molecule has 2 nitrogen and oxygen atoms in total. The molecule has 0 aromatic carbocycles. The second kappa shape index (κ2) is 2.97. The van der Waals surface area contributed by atoms with E-state index in [1.807, 2.05) is 13.8 Å². The molecular formula is C8H12O2S2. The van der Waals surface area contributed by atoms with Crippen LogP contribution in [-0.4, -0.2) is 19.9 Å². The zero-order chi connectivity index (χ0) is 9.41. The fourth-order valence-electron chi connectivity index (χ4n) is 1.27. The Morgan fingerprint density at radius 2 is 2.17 bits per heavy atom. The fraction of sp³-hybridized carbons (Fsp3) is 0.750. The molecule has 0 N–H and O–H groups in total. The minimum atomic E-state index is -2.91. The first-order valence-electron chi connectivity index (χ1n) is 3.71. The molecule has 0 bridgehead atoms. The molecule has 0 aliphatic carbocycles. The van der Waals surface area contributed by atoms with Gasteiger partial charge in [0.05, 0.1) is 5.75 Å². The smallest absolute Gasteiger partial charge is 0.202 e. The van der Waals surface area contributed by atoms with Crippen molar-refractivity contribution in [3.63, 3.8) is 0 Å². The van der Waals surface area contributed by atoms with Gasteiger partial charge in [-0.2, -0.15) is 0 Å². The first-order chi connectivity index (χ1) is 5.37. The molecule has 1 atom stereocenters. The van der Waals surface area contributed by atoms with Gasteiger partial charge in [-0.25, -0.2) is 8.42 Å². The molecule has 4 heteroatoms. The standard InChI is InChI=1S/C8H12O2S2/c1-4-7-5-11-12(9,10)6-8(7,2)3/h1,7H,5-6H2,2-3H3. The zero-order valence-corrected chi connectivity index (χ0v) is 8.83. The Hall–Kier alpha value is -0.140. The van der Waals surface area contributed by atoms with Gasteiger partial charge >= 0.3 is 0 Å². The molecule has 1 aliphatic heterocycles. The molecule has 1 heterocycles. The van der Waals surface area contributed by atoms with Gasteiger partial charge in [0.25, 0.3) is 0 Å². The maximum Gasteiger partial charge on any atom is 0.202 e. The minimum Gasteiger partial charge on any atom is -0.217 e. The lowest BCUT2D eigenvalue weighted by Crippen LogP contribution is -2.36. The first kappa shape index (κ1) is 9.94. The predicted molar refractivity (Wildman–Crippen MR) is 52.3 cm³/mol. The molecule has 1 rings (SSSR count). The van der Waals surface area contributed by atoms with E-state index in [4.69, 9.17) is 6.42 Å². The molecule has 0 spiro atoms. The van der Waals surface area contributed by atoms with Crippen LogP contribution in [0, 0.1) is 23.7 Å². The van der Waals surface area contributed by atoms with Crippen LogP contribution in [0.1, 0.15) is 13.8 Å². The Labute approximate surface area is 77.4 Å². The van der Waals surface area contributed by atoms with Crippen molar-refractivity contribution in [2.75, 3.05) is 11.5 Å². The van der Waals surface area contributed by atoms with Gasteiger partial charge in [-0.3, -0.25) is 0 Å². The van der Waals surface area contributed by atoms with Crippen LogP contribution < -0.4 is 0 Å². The lowest BCUT2D eigenvalue weighted by molar-refractivity contribution is 0.329. The van der Waals surface area contributed by atoms with Crippen molar-refractivity contribution in [2.45, 2.75) is 13.8 Å². The topological polar surface area (TPSA) is 34.1 Å². The highest BCUT2D eigenvalue weighted by Crippen LogP contribution is 2.39. The van der Waals surface area contributed by atoms with Crippen LogP contribution in [0.3, 0.4) is 0 Å². The molecule has 0 aromatic rings. The molecule has 0 amide bonds. The largest absolute Gasteiger partial charge is 0.217 e.